The number of halogens is 1. The smallest absolute Gasteiger partial charge is 0.0924 e. The van der Waals surface area contributed by atoms with Crippen LogP contribution in [0.2, 0.25) is 0 Å². The van der Waals surface area contributed by atoms with Crippen LogP contribution in [0.1, 0.15) is 18.9 Å². The van der Waals surface area contributed by atoms with E-state index in [2.05, 4.69) is 37.2 Å². The number of benzene rings is 1. The molecular weight excluding hydrogens is 304 g/mol. The molecular formula is C14H11BrN4. The minimum Gasteiger partial charge on any atom is -0.269 e. The van der Waals surface area contributed by atoms with E-state index in [1.165, 1.54) is 12.8 Å². The predicted octanol–water partition coefficient (Wildman–Crippen LogP) is 3.59. The Balaban J connectivity index is 1.80. The lowest BCUT2D eigenvalue weighted by Crippen LogP contribution is -1.92. The molecule has 94 valence electrons. The first-order chi connectivity index (χ1) is 9.29. The van der Waals surface area contributed by atoms with Crippen molar-refractivity contribution < 1.29 is 0 Å². The van der Waals surface area contributed by atoms with Gasteiger partial charge in [-0.25, -0.2) is 4.98 Å². The lowest BCUT2D eigenvalue weighted by molar-refractivity contribution is 0.642. The molecule has 1 aliphatic carbocycles. The summed E-state index contributed by atoms with van der Waals surface area (Å²) in [6, 6.07) is 6.51. The van der Waals surface area contributed by atoms with E-state index in [9.17, 15) is 0 Å². The van der Waals surface area contributed by atoms with Gasteiger partial charge in [-0.3, -0.25) is 9.67 Å². The monoisotopic (exact) mass is 314 g/mol. The number of aromatic nitrogens is 4. The van der Waals surface area contributed by atoms with E-state index in [0.717, 1.165) is 26.8 Å². The Labute approximate surface area is 118 Å². The third-order valence-corrected chi connectivity index (χ3v) is 3.82. The van der Waals surface area contributed by atoms with E-state index >= 15 is 0 Å². The molecule has 0 saturated heterocycles. The number of rotatable bonds is 2. The van der Waals surface area contributed by atoms with E-state index in [-0.39, 0.29) is 0 Å². The van der Waals surface area contributed by atoms with Crippen LogP contribution in [0.5, 0.6) is 0 Å². The molecule has 1 saturated carbocycles. The van der Waals surface area contributed by atoms with Crippen LogP contribution in [0.4, 0.5) is 0 Å². The topological polar surface area (TPSA) is 43.6 Å². The van der Waals surface area contributed by atoms with Crippen LogP contribution in [-0.2, 0) is 0 Å². The largest absolute Gasteiger partial charge is 0.269 e. The molecule has 1 aromatic carbocycles. The van der Waals surface area contributed by atoms with Gasteiger partial charge in [0.1, 0.15) is 0 Å². The minimum absolute atomic E-state index is 0.594. The summed E-state index contributed by atoms with van der Waals surface area (Å²) in [5.74, 6) is 0. The quantitative estimate of drug-likeness (QED) is 0.726. The standard InChI is InChI=1S/C14H11BrN4/c15-10-1-4-12-13(5-10)18-14(7-16-12)9-6-17-19(8-9)11-2-3-11/h1,4-8,11H,2-3H2. The molecule has 4 nitrogen and oxygen atoms in total. The number of hydrogen-bond acceptors (Lipinski definition) is 3. The van der Waals surface area contributed by atoms with Gasteiger partial charge in [0, 0.05) is 16.2 Å². The average molecular weight is 315 g/mol. The number of fused-ring (bicyclic) bond motifs is 1. The maximum absolute atomic E-state index is 4.65. The normalized spacial score (nSPS) is 15.0. The highest BCUT2D eigenvalue weighted by Crippen LogP contribution is 2.35. The van der Waals surface area contributed by atoms with Gasteiger partial charge in [0.05, 0.1) is 35.2 Å². The lowest BCUT2D eigenvalue weighted by Gasteiger charge is -2.00. The highest BCUT2D eigenvalue weighted by atomic mass is 79.9. The lowest BCUT2D eigenvalue weighted by atomic mass is 10.2. The second-order valence-electron chi connectivity index (χ2n) is 4.83. The molecule has 1 aliphatic rings. The predicted molar refractivity (Wildman–Crippen MR) is 76.7 cm³/mol. The Morgan fingerprint density at radius 1 is 1.16 bits per heavy atom. The van der Waals surface area contributed by atoms with Gasteiger partial charge >= 0.3 is 0 Å². The second kappa shape index (κ2) is 4.13. The molecule has 19 heavy (non-hydrogen) atoms. The summed E-state index contributed by atoms with van der Waals surface area (Å²) in [4.78, 5) is 9.10. The van der Waals surface area contributed by atoms with Crippen molar-refractivity contribution in [3.05, 3.63) is 41.3 Å². The third-order valence-electron chi connectivity index (χ3n) is 3.32. The van der Waals surface area contributed by atoms with E-state index in [0.29, 0.717) is 6.04 Å². The van der Waals surface area contributed by atoms with Gasteiger partial charge in [0.25, 0.3) is 0 Å². The number of nitrogens with zero attached hydrogens (tertiary/aromatic N) is 4. The first kappa shape index (κ1) is 11.1. The minimum atomic E-state index is 0.594. The molecule has 0 amide bonds. The van der Waals surface area contributed by atoms with Gasteiger partial charge in [-0.1, -0.05) is 15.9 Å². The van der Waals surface area contributed by atoms with Crippen molar-refractivity contribution in [2.75, 3.05) is 0 Å². The zero-order valence-corrected chi connectivity index (χ0v) is 11.7. The van der Waals surface area contributed by atoms with Crippen LogP contribution < -0.4 is 0 Å². The highest BCUT2D eigenvalue weighted by Gasteiger charge is 2.24. The summed E-state index contributed by atoms with van der Waals surface area (Å²) in [7, 11) is 0. The van der Waals surface area contributed by atoms with E-state index < -0.39 is 0 Å². The molecule has 0 spiro atoms. The van der Waals surface area contributed by atoms with Gasteiger partial charge in [-0.15, -0.1) is 0 Å². The average Bonchev–Trinajstić information content (AvgIpc) is 3.16. The Hall–Kier alpha value is -1.75. The Morgan fingerprint density at radius 3 is 2.89 bits per heavy atom. The molecule has 2 heterocycles. The zero-order chi connectivity index (χ0) is 12.8. The Kier molecular flexibility index (Phi) is 2.41. The summed E-state index contributed by atoms with van der Waals surface area (Å²) in [5.41, 5.74) is 3.70. The molecule has 2 aromatic heterocycles. The van der Waals surface area contributed by atoms with Crippen molar-refractivity contribution in [3.63, 3.8) is 0 Å². The Bertz CT molecular complexity index is 761. The van der Waals surface area contributed by atoms with E-state index in [1.54, 1.807) is 0 Å². The summed E-state index contributed by atoms with van der Waals surface area (Å²) in [6.45, 7) is 0. The molecule has 0 unspecified atom stereocenters. The molecule has 0 N–H and O–H groups in total. The van der Waals surface area contributed by atoms with Crippen molar-refractivity contribution in [1.29, 1.82) is 0 Å². The van der Waals surface area contributed by atoms with Crippen molar-refractivity contribution in [2.45, 2.75) is 18.9 Å². The summed E-state index contributed by atoms with van der Waals surface area (Å²) >= 11 is 3.46. The fraction of sp³-hybridized carbons (Fsp3) is 0.214. The van der Waals surface area contributed by atoms with Gasteiger partial charge in [0.15, 0.2) is 0 Å². The maximum Gasteiger partial charge on any atom is 0.0924 e. The first-order valence-corrected chi connectivity index (χ1v) is 7.06. The maximum atomic E-state index is 4.65. The zero-order valence-electron chi connectivity index (χ0n) is 10.1. The molecule has 0 radical (unpaired) electrons. The Morgan fingerprint density at radius 2 is 2.05 bits per heavy atom. The van der Waals surface area contributed by atoms with E-state index in [1.807, 2.05) is 35.3 Å². The van der Waals surface area contributed by atoms with Crippen molar-refractivity contribution in [1.82, 2.24) is 19.7 Å². The van der Waals surface area contributed by atoms with Crippen molar-refractivity contribution >= 4 is 27.0 Å². The molecule has 0 aliphatic heterocycles. The van der Waals surface area contributed by atoms with Crippen LogP contribution in [0.3, 0.4) is 0 Å². The van der Waals surface area contributed by atoms with Crippen LogP contribution in [0.15, 0.2) is 41.3 Å². The van der Waals surface area contributed by atoms with Crippen LogP contribution >= 0.6 is 15.9 Å². The highest BCUT2D eigenvalue weighted by molar-refractivity contribution is 9.10. The number of hydrogen-bond donors (Lipinski definition) is 0. The fourth-order valence-electron chi connectivity index (χ4n) is 2.13. The van der Waals surface area contributed by atoms with Crippen LogP contribution in [0, 0.1) is 0 Å². The van der Waals surface area contributed by atoms with Crippen molar-refractivity contribution in [2.24, 2.45) is 0 Å². The van der Waals surface area contributed by atoms with Crippen molar-refractivity contribution in [3.8, 4) is 11.3 Å². The summed E-state index contributed by atoms with van der Waals surface area (Å²) in [6.07, 6.45) is 8.21. The molecule has 4 rings (SSSR count). The van der Waals surface area contributed by atoms with Crippen LogP contribution in [0.25, 0.3) is 22.3 Å². The molecule has 0 bridgehead atoms. The molecule has 5 heteroatoms. The fourth-order valence-corrected chi connectivity index (χ4v) is 2.48. The van der Waals surface area contributed by atoms with Gasteiger partial charge in [-0.2, -0.15) is 5.10 Å². The third kappa shape index (κ3) is 2.04. The molecule has 1 fully saturated rings. The summed E-state index contributed by atoms with van der Waals surface area (Å²) in [5, 5.41) is 4.39. The first-order valence-electron chi connectivity index (χ1n) is 6.26. The molecule has 0 atom stereocenters. The SMILES string of the molecule is Brc1ccc2ncc(-c3cnn(C4CC4)c3)nc2c1. The van der Waals surface area contributed by atoms with Gasteiger partial charge in [-0.05, 0) is 31.0 Å². The van der Waals surface area contributed by atoms with Crippen LogP contribution in [-0.4, -0.2) is 19.7 Å². The van der Waals surface area contributed by atoms with E-state index in [4.69, 9.17) is 0 Å². The summed E-state index contributed by atoms with van der Waals surface area (Å²) < 4.78 is 3.04. The van der Waals surface area contributed by atoms with Gasteiger partial charge < -0.3 is 0 Å². The molecule has 3 aromatic rings. The second-order valence-corrected chi connectivity index (χ2v) is 5.74. The van der Waals surface area contributed by atoms with Gasteiger partial charge in [0.2, 0.25) is 0 Å².